The second-order valence-corrected chi connectivity index (χ2v) is 5.49. The molecule has 0 spiro atoms. The van der Waals surface area contributed by atoms with Crippen molar-refractivity contribution in [2.75, 3.05) is 11.9 Å². The van der Waals surface area contributed by atoms with E-state index in [4.69, 9.17) is 4.74 Å². The zero-order valence-corrected chi connectivity index (χ0v) is 13.8. The van der Waals surface area contributed by atoms with E-state index in [2.05, 4.69) is 15.4 Å². The third-order valence-corrected chi connectivity index (χ3v) is 3.52. The summed E-state index contributed by atoms with van der Waals surface area (Å²) in [6.07, 6.45) is 2.93. The van der Waals surface area contributed by atoms with Crippen molar-refractivity contribution >= 4 is 17.6 Å². The van der Waals surface area contributed by atoms with E-state index < -0.39 is 24.3 Å². The van der Waals surface area contributed by atoms with Crippen molar-refractivity contribution < 1.29 is 18.7 Å². The summed E-state index contributed by atoms with van der Waals surface area (Å²) in [5.41, 5.74) is 1.78. The SMILES string of the molecule is Cc1ccc(NC(=O)COC(=O)c2ccc(-n3cncn3)cc2)c(F)c1. The Bertz CT molecular complexity index is 924. The lowest BCUT2D eigenvalue weighted by atomic mass is 10.2. The van der Waals surface area contributed by atoms with E-state index >= 15 is 0 Å². The first-order valence-corrected chi connectivity index (χ1v) is 7.71. The second-order valence-electron chi connectivity index (χ2n) is 5.49. The van der Waals surface area contributed by atoms with Gasteiger partial charge in [0.05, 0.1) is 16.9 Å². The Balaban J connectivity index is 1.55. The molecular formula is C18H15FN4O3. The van der Waals surface area contributed by atoms with Crippen molar-refractivity contribution in [1.29, 1.82) is 0 Å². The minimum Gasteiger partial charge on any atom is -0.452 e. The van der Waals surface area contributed by atoms with Gasteiger partial charge in [0.1, 0.15) is 18.5 Å². The van der Waals surface area contributed by atoms with Gasteiger partial charge in [-0.3, -0.25) is 4.79 Å². The molecule has 26 heavy (non-hydrogen) atoms. The lowest BCUT2D eigenvalue weighted by Crippen LogP contribution is -2.21. The Morgan fingerprint density at radius 3 is 2.62 bits per heavy atom. The van der Waals surface area contributed by atoms with E-state index in [1.54, 1.807) is 41.9 Å². The summed E-state index contributed by atoms with van der Waals surface area (Å²) < 4.78 is 20.2. The van der Waals surface area contributed by atoms with Crippen LogP contribution < -0.4 is 5.32 Å². The Hall–Kier alpha value is -3.55. The molecule has 1 heterocycles. The molecule has 1 N–H and O–H groups in total. The summed E-state index contributed by atoms with van der Waals surface area (Å²) in [7, 11) is 0. The van der Waals surface area contributed by atoms with Crippen LogP contribution in [0, 0.1) is 12.7 Å². The van der Waals surface area contributed by atoms with E-state index in [0.717, 1.165) is 11.3 Å². The average Bonchev–Trinajstić information content (AvgIpc) is 3.17. The molecule has 3 aromatic rings. The molecule has 0 bridgehead atoms. The highest BCUT2D eigenvalue weighted by atomic mass is 19.1. The summed E-state index contributed by atoms with van der Waals surface area (Å²) in [5.74, 6) is -1.83. The van der Waals surface area contributed by atoms with E-state index in [1.807, 2.05) is 0 Å². The van der Waals surface area contributed by atoms with Crippen LogP contribution >= 0.6 is 0 Å². The molecule has 132 valence electrons. The van der Waals surface area contributed by atoms with Crippen LogP contribution in [0.3, 0.4) is 0 Å². The van der Waals surface area contributed by atoms with Gasteiger partial charge in [0, 0.05) is 0 Å². The molecule has 1 amide bonds. The lowest BCUT2D eigenvalue weighted by Gasteiger charge is -2.08. The molecule has 0 aliphatic carbocycles. The van der Waals surface area contributed by atoms with Crippen molar-refractivity contribution in [1.82, 2.24) is 14.8 Å². The highest BCUT2D eigenvalue weighted by Gasteiger charge is 2.12. The van der Waals surface area contributed by atoms with Crippen LogP contribution in [0.25, 0.3) is 5.69 Å². The predicted molar refractivity (Wildman–Crippen MR) is 91.4 cm³/mol. The maximum atomic E-state index is 13.7. The number of nitrogens with zero attached hydrogens (tertiary/aromatic N) is 3. The maximum Gasteiger partial charge on any atom is 0.338 e. The number of esters is 1. The molecule has 3 rings (SSSR count). The molecular weight excluding hydrogens is 339 g/mol. The van der Waals surface area contributed by atoms with Crippen LogP contribution in [0.5, 0.6) is 0 Å². The van der Waals surface area contributed by atoms with Gasteiger partial charge in [-0.2, -0.15) is 5.10 Å². The zero-order chi connectivity index (χ0) is 18.5. The lowest BCUT2D eigenvalue weighted by molar-refractivity contribution is -0.119. The van der Waals surface area contributed by atoms with Gasteiger partial charge in [0.25, 0.3) is 5.91 Å². The van der Waals surface area contributed by atoms with Gasteiger partial charge < -0.3 is 10.1 Å². The van der Waals surface area contributed by atoms with Crippen molar-refractivity contribution in [2.45, 2.75) is 6.92 Å². The van der Waals surface area contributed by atoms with Gasteiger partial charge in [-0.15, -0.1) is 0 Å². The third-order valence-electron chi connectivity index (χ3n) is 3.52. The highest BCUT2D eigenvalue weighted by Crippen LogP contribution is 2.15. The van der Waals surface area contributed by atoms with E-state index in [-0.39, 0.29) is 11.3 Å². The Morgan fingerprint density at radius 2 is 1.96 bits per heavy atom. The highest BCUT2D eigenvalue weighted by molar-refractivity contribution is 5.95. The molecule has 1 aromatic heterocycles. The van der Waals surface area contributed by atoms with Crippen LogP contribution in [0.15, 0.2) is 55.1 Å². The number of amides is 1. The zero-order valence-electron chi connectivity index (χ0n) is 13.8. The summed E-state index contributed by atoms with van der Waals surface area (Å²) in [4.78, 5) is 27.7. The summed E-state index contributed by atoms with van der Waals surface area (Å²) in [6, 6.07) is 10.9. The Labute approximate surface area is 148 Å². The standard InChI is InChI=1S/C18H15FN4O3/c1-12-2-7-16(15(19)8-12)22-17(24)9-26-18(25)13-3-5-14(6-4-13)23-11-20-10-21-23/h2-8,10-11H,9H2,1H3,(H,22,24). The maximum absolute atomic E-state index is 13.7. The van der Waals surface area contributed by atoms with Gasteiger partial charge >= 0.3 is 5.97 Å². The fraction of sp³-hybridized carbons (Fsp3) is 0.111. The van der Waals surface area contributed by atoms with Crippen molar-refractivity contribution in [2.24, 2.45) is 0 Å². The molecule has 0 radical (unpaired) electrons. The fourth-order valence-corrected chi connectivity index (χ4v) is 2.21. The van der Waals surface area contributed by atoms with Gasteiger partial charge in [-0.1, -0.05) is 6.07 Å². The number of benzene rings is 2. The van der Waals surface area contributed by atoms with Crippen molar-refractivity contribution in [3.8, 4) is 5.69 Å². The molecule has 0 aliphatic heterocycles. The molecule has 2 aromatic carbocycles. The molecule has 8 heteroatoms. The van der Waals surface area contributed by atoms with Crippen LogP contribution in [0.1, 0.15) is 15.9 Å². The van der Waals surface area contributed by atoms with Crippen LogP contribution in [0.4, 0.5) is 10.1 Å². The molecule has 7 nitrogen and oxygen atoms in total. The molecule has 0 fully saturated rings. The van der Waals surface area contributed by atoms with E-state index in [1.165, 1.54) is 24.8 Å². The largest absolute Gasteiger partial charge is 0.452 e. The Kier molecular flexibility index (Phi) is 5.02. The van der Waals surface area contributed by atoms with Gasteiger partial charge in [-0.05, 0) is 48.9 Å². The summed E-state index contributed by atoms with van der Waals surface area (Å²) >= 11 is 0. The summed E-state index contributed by atoms with van der Waals surface area (Å²) in [6.45, 7) is 1.22. The molecule has 0 saturated carbocycles. The van der Waals surface area contributed by atoms with Gasteiger partial charge in [-0.25, -0.2) is 18.9 Å². The number of halogens is 1. The smallest absolute Gasteiger partial charge is 0.338 e. The van der Waals surface area contributed by atoms with Gasteiger partial charge in [0.15, 0.2) is 6.61 Å². The minimum absolute atomic E-state index is 0.0360. The molecule has 0 unspecified atom stereocenters. The van der Waals surface area contributed by atoms with Crippen LogP contribution in [-0.2, 0) is 9.53 Å². The van der Waals surface area contributed by atoms with E-state index in [0.29, 0.717) is 0 Å². The average molecular weight is 354 g/mol. The minimum atomic E-state index is -0.658. The van der Waals surface area contributed by atoms with Crippen molar-refractivity contribution in [3.63, 3.8) is 0 Å². The number of hydrogen-bond donors (Lipinski definition) is 1. The topological polar surface area (TPSA) is 86.1 Å². The number of hydrogen-bond acceptors (Lipinski definition) is 5. The Morgan fingerprint density at radius 1 is 1.19 bits per heavy atom. The quantitative estimate of drug-likeness (QED) is 0.712. The fourth-order valence-electron chi connectivity index (χ4n) is 2.21. The predicted octanol–water partition coefficient (Wildman–Crippen LogP) is 2.51. The number of carbonyl (C=O) groups is 2. The number of ether oxygens (including phenoxy) is 1. The van der Waals surface area contributed by atoms with Crippen LogP contribution in [0.2, 0.25) is 0 Å². The first-order valence-electron chi connectivity index (χ1n) is 7.71. The third kappa shape index (κ3) is 4.10. The first-order chi connectivity index (χ1) is 12.5. The first kappa shape index (κ1) is 17.3. The number of rotatable bonds is 5. The number of carbonyl (C=O) groups excluding carboxylic acids is 2. The van der Waals surface area contributed by atoms with Crippen LogP contribution in [-0.4, -0.2) is 33.2 Å². The monoisotopic (exact) mass is 354 g/mol. The number of anilines is 1. The molecule has 0 saturated heterocycles. The van der Waals surface area contributed by atoms with E-state index in [9.17, 15) is 14.0 Å². The number of aryl methyl sites for hydroxylation is 1. The molecule has 0 atom stereocenters. The van der Waals surface area contributed by atoms with Gasteiger partial charge in [0.2, 0.25) is 0 Å². The van der Waals surface area contributed by atoms with Crippen molar-refractivity contribution in [3.05, 3.63) is 72.1 Å². The number of aromatic nitrogens is 3. The molecule has 0 aliphatic rings. The summed E-state index contributed by atoms with van der Waals surface area (Å²) in [5, 5.41) is 6.34. The number of nitrogens with one attached hydrogen (secondary N) is 1. The normalized spacial score (nSPS) is 10.4. The second kappa shape index (κ2) is 7.56.